The summed E-state index contributed by atoms with van der Waals surface area (Å²) in [7, 11) is -3.79. The van der Waals surface area contributed by atoms with Crippen molar-refractivity contribution in [2.45, 2.75) is 42.4 Å². The number of amides is 2. The summed E-state index contributed by atoms with van der Waals surface area (Å²) < 4.78 is 46.6. The van der Waals surface area contributed by atoms with Crippen molar-refractivity contribution in [1.82, 2.24) is 10.0 Å². The molecule has 1 aliphatic heterocycles. The summed E-state index contributed by atoms with van der Waals surface area (Å²) in [5.41, 5.74) is 0.467. The average molecular weight is 486 g/mol. The standard InChI is InChI=1S/C21H25ClFN3O5S/c22-14-1-8-18(9-2-14)32(29,30)26-19-10-7-17(31-20(19)13-27)11-12-24-21(28)25-16-5-3-15(23)4-6-16/h1-6,8-9,17,19-20,26-27H,7,10-13H2,(H2,24,25,28)/t17-,19+,20-/m1/s1. The van der Waals surface area contributed by atoms with E-state index >= 15 is 0 Å². The van der Waals surface area contributed by atoms with Crippen LogP contribution in [0.4, 0.5) is 14.9 Å². The fraction of sp³-hybridized carbons (Fsp3) is 0.381. The third kappa shape index (κ3) is 6.88. The number of hydrogen-bond acceptors (Lipinski definition) is 5. The molecule has 11 heteroatoms. The van der Waals surface area contributed by atoms with Crippen LogP contribution in [-0.2, 0) is 14.8 Å². The fourth-order valence-corrected chi connectivity index (χ4v) is 4.84. The Kier molecular flexibility index (Phi) is 8.44. The van der Waals surface area contributed by atoms with Crippen LogP contribution >= 0.6 is 11.6 Å². The van der Waals surface area contributed by atoms with E-state index < -0.39 is 34.0 Å². The topological polar surface area (TPSA) is 117 Å². The molecule has 1 heterocycles. The second-order valence-electron chi connectivity index (χ2n) is 7.41. The molecule has 0 unspecified atom stereocenters. The molecule has 8 nitrogen and oxygen atoms in total. The number of aliphatic hydroxyl groups is 1. The van der Waals surface area contributed by atoms with E-state index in [2.05, 4.69) is 15.4 Å². The van der Waals surface area contributed by atoms with E-state index in [1.807, 2.05) is 0 Å². The predicted molar refractivity (Wildman–Crippen MR) is 119 cm³/mol. The van der Waals surface area contributed by atoms with Gasteiger partial charge in [-0.1, -0.05) is 11.6 Å². The molecule has 1 fully saturated rings. The Morgan fingerprint density at radius 1 is 1.12 bits per heavy atom. The Bertz CT molecular complexity index is 1010. The first-order valence-electron chi connectivity index (χ1n) is 10.1. The minimum atomic E-state index is -3.79. The van der Waals surface area contributed by atoms with Gasteiger partial charge in [0.15, 0.2) is 0 Å². The Morgan fingerprint density at radius 3 is 2.47 bits per heavy atom. The Hall–Kier alpha value is -2.24. The molecule has 0 spiro atoms. The Morgan fingerprint density at radius 2 is 1.81 bits per heavy atom. The third-order valence-corrected chi connectivity index (χ3v) is 6.84. The number of ether oxygens (including phenoxy) is 1. The number of sulfonamides is 1. The van der Waals surface area contributed by atoms with Crippen molar-refractivity contribution in [2.24, 2.45) is 0 Å². The number of urea groups is 1. The van der Waals surface area contributed by atoms with E-state index in [0.29, 0.717) is 36.5 Å². The molecule has 2 amide bonds. The number of carbonyl (C=O) groups is 1. The molecule has 1 saturated heterocycles. The van der Waals surface area contributed by atoms with Crippen LogP contribution in [0.15, 0.2) is 53.4 Å². The predicted octanol–water partition coefficient (Wildman–Crippen LogP) is 2.88. The first kappa shape index (κ1) is 24.4. The van der Waals surface area contributed by atoms with Gasteiger partial charge in [-0.2, -0.15) is 0 Å². The van der Waals surface area contributed by atoms with Crippen LogP contribution in [-0.4, -0.2) is 51.0 Å². The first-order valence-corrected chi connectivity index (χ1v) is 12.0. The van der Waals surface area contributed by atoms with Gasteiger partial charge in [-0.3, -0.25) is 0 Å². The number of rotatable bonds is 8. The molecule has 0 saturated carbocycles. The van der Waals surface area contributed by atoms with E-state index in [0.717, 1.165) is 0 Å². The maximum Gasteiger partial charge on any atom is 0.319 e. The maximum absolute atomic E-state index is 12.9. The van der Waals surface area contributed by atoms with Crippen molar-refractivity contribution < 1.29 is 27.4 Å². The average Bonchev–Trinajstić information content (AvgIpc) is 2.76. The molecule has 3 atom stereocenters. The van der Waals surface area contributed by atoms with Crippen molar-refractivity contribution in [3.05, 3.63) is 59.4 Å². The largest absolute Gasteiger partial charge is 0.394 e. The molecule has 3 rings (SSSR count). The number of anilines is 1. The van der Waals surface area contributed by atoms with E-state index in [4.69, 9.17) is 16.3 Å². The number of aliphatic hydroxyl groups excluding tert-OH is 1. The highest BCUT2D eigenvalue weighted by Crippen LogP contribution is 2.24. The van der Waals surface area contributed by atoms with Crippen LogP contribution in [0, 0.1) is 5.82 Å². The summed E-state index contributed by atoms with van der Waals surface area (Å²) in [5, 5.41) is 15.4. The van der Waals surface area contributed by atoms with Gasteiger partial charge in [-0.15, -0.1) is 0 Å². The van der Waals surface area contributed by atoms with E-state index in [9.17, 15) is 22.7 Å². The molecule has 0 radical (unpaired) electrons. The normalized spacial score (nSPS) is 21.2. The highest BCUT2D eigenvalue weighted by atomic mass is 35.5. The van der Waals surface area contributed by atoms with E-state index in [1.54, 1.807) is 0 Å². The quantitative estimate of drug-likeness (QED) is 0.458. The molecule has 2 aromatic carbocycles. The van der Waals surface area contributed by atoms with Crippen LogP contribution in [0.5, 0.6) is 0 Å². The van der Waals surface area contributed by atoms with Crippen LogP contribution < -0.4 is 15.4 Å². The first-order chi connectivity index (χ1) is 15.3. The van der Waals surface area contributed by atoms with Gasteiger partial charge in [0.2, 0.25) is 10.0 Å². The third-order valence-electron chi connectivity index (χ3n) is 5.08. The van der Waals surface area contributed by atoms with Crippen LogP contribution in [0.25, 0.3) is 0 Å². The van der Waals surface area contributed by atoms with Crippen LogP contribution in [0.3, 0.4) is 0 Å². The van der Waals surface area contributed by atoms with Crippen LogP contribution in [0.2, 0.25) is 5.02 Å². The molecule has 0 aliphatic carbocycles. The highest BCUT2D eigenvalue weighted by molar-refractivity contribution is 7.89. The molecule has 174 valence electrons. The van der Waals surface area contributed by atoms with E-state index in [1.165, 1.54) is 48.5 Å². The van der Waals surface area contributed by atoms with Gasteiger partial charge in [0, 0.05) is 17.3 Å². The Labute approximate surface area is 191 Å². The summed E-state index contributed by atoms with van der Waals surface area (Å²) >= 11 is 5.81. The van der Waals surface area contributed by atoms with Crippen molar-refractivity contribution in [2.75, 3.05) is 18.5 Å². The zero-order valence-corrected chi connectivity index (χ0v) is 18.7. The van der Waals surface area contributed by atoms with Crippen LogP contribution in [0.1, 0.15) is 19.3 Å². The highest BCUT2D eigenvalue weighted by Gasteiger charge is 2.33. The molecule has 4 N–H and O–H groups in total. The summed E-state index contributed by atoms with van der Waals surface area (Å²) in [6.07, 6.45) is 0.582. The van der Waals surface area contributed by atoms with Gasteiger partial charge in [0.05, 0.1) is 29.8 Å². The number of benzene rings is 2. The molecule has 2 aromatic rings. The minimum absolute atomic E-state index is 0.0806. The molecular formula is C21H25ClFN3O5S. The zero-order valence-electron chi connectivity index (χ0n) is 17.1. The number of halogens is 2. The molecule has 0 aromatic heterocycles. The van der Waals surface area contributed by atoms with Gasteiger partial charge >= 0.3 is 6.03 Å². The molecule has 32 heavy (non-hydrogen) atoms. The fourth-order valence-electron chi connectivity index (χ4n) is 3.42. The molecular weight excluding hydrogens is 461 g/mol. The zero-order chi connectivity index (χ0) is 23.1. The van der Waals surface area contributed by atoms with Crippen molar-refractivity contribution >= 4 is 33.3 Å². The summed E-state index contributed by atoms with van der Waals surface area (Å²) in [6.45, 7) is -0.0280. The van der Waals surface area contributed by atoms with Gasteiger partial charge in [-0.05, 0) is 67.8 Å². The number of nitrogens with one attached hydrogen (secondary N) is 3. The second kappa shape index (κ2) is 11.1. The summed E-state index contributed by atoms with van der Waals surface area (Å²) in [4.78, 5) is 12.0. The van der Waals surface area contributed by atoms with Crippen molar-refractivity contribution in [1.29, 1.82) is 0 Å². The molecule has 1 aliphatic rings. The van der Waals surface area contributed by atoms with Gasteiger partial charge in [-0.25, -0.2) is 22.3 Å². The van der Waals surface area contributed by atoms with Gasteiger partial charge in [0.1, 0.15) is 5.82 Å². The summed E-state index contributed by atoms with van der Waals surface area (Å²) in [5.74, 6) is -0.391. The lowest BCUT2D eigenvalue weighted by Crippen LogP contribution is -2.51. The lowest BCUT2D eigenvalue weighted by Gasteiger charge is -2.36. The monoisotopic (exact) mass is 485 g/mol. The molecule has 0 bridgehead atoms. The summed E-state index contributed by atoms with van der Waals surface area (Å²) in [6, 6.07) is 10.2. The lowest BCUT2D eigenvalue weighted by molar-refractivity contribution is -0.0871. The Balaban J connectivity index is 1.46. The van der Waals surface area contributed by atoms with Crippen molar-refractivity contribution in [3.63, 3.8) is 0 Å². The maximum atomic E-state index is 12.9. The van der Waals surface area contributed by atoms with E-state index in [-0.39, 0.29) is 17.6 Å². The second-order valence-corrected chi connectivity index (χ2v) is 9.57. The number of hydrogen-bond donors (Lipinski definition) is 4. The van der Waals surface area contributed by atoms with Gasteiger partial charge in [0.25, 0.3) is 0 Å². The minimum Gasteiger partial charge on any atom is -0.394 e. The SMILES string of the molecule is O=C(NCC[C@H]1CC[C@H](NS(=O)(=O)c2ccc(Cl)cc2)[C@@H](CO)O1)Nc1ccc(F)cc1. The van der Waals surface area contributed by atoms with Crippen molar-refractivity contribution in [3.8, 4) is 0 Å². The van der Waals surface area contributed by atoms with Gasteiger partial charge < -0.3 is 20.5 Å². The smallest absolute Gasteiger partial charge is 0.319 e. The number of carbonyl (C=O) groups excluding carboxylic acids is 1. The lowest BCUT2D eigenvalue weighted by atomic mass is 9.98.